The number of halogens is 16. The zero-order valence-electron chi connectivity index (χ0n) is 11.8. The van der Waals surface area contributed by atoms with Gasteiger partial charge in [-0.1, -0.05) is 0 Å². The summed E-state index contributed by atoms with van der Waals surface area (Å²) in [6.07, 6.45) is -14.3. The highest BCUT2D eigenvalue weighted by Crippen LogP contribution is 2.61. The molecule has 1 atom stereocenters. The molecule has 0 saturated heterocycles. The minimum Gasteiger partial charge on any atom is -0.281 e. The van der Waals surface area contributed by atoms with Crippen LogP contribution in [0.2, 0.25) is 0 Å². The fourth-order valence-electron chi connectivity index (χ4n) is 1.28. The van der Waals surface area contributed by atoms with E-state index >= 15 is 0 Å². The van der Waals surface area contributed by atoms with Crippen LogP contribution in [-0.4, -0.2) is 60.2 Å². The van der Waals surface area contributed by atoms with Crippen LogP contribution >= 0.6 is 0 Å². The van der Waals surface area contributed by atoms with Gasteiger partial charge in [0.15, 0.2) is 0 Å². The lowest BCUT2D eigenvalue weighted by molar-refractivity contribution is -0.444. The van der Waals surface area contributed by atoms with Crippen molar-refractivity contribution in [1.82, 2.24) is 0 Å². The second kappa shape index (κ2) is 6.39. The summed E-state index contributed by atoms with van der Waals surface area (Å²) in [4.78, 5) is 0. The summed E-state index contributed by atoms with van der Waals surface area (Å²) in [5.41, 5.74) is 0. The largest absolute Gasteiger partial charge is 0.460 e. The van der Waals surface area contributed by atoms with Crippen LogP contribution in [0.4, 0.5) is 70.2 Å². The zero-order valence-corrected chi connectivity index (χ0v) is 12.6. The third-order valence-electron chi connectivity index (χ3n) is 2.91. The van der Waals surface area contributed by atoms with Crippen molar-refractivity contribution in [1.29, 1.82) is 0 Å². The quantitative estimate of drug-likeness (QED) is 0.429. The molecule has 0 heterocycles. The van der Waals surface area contributed by atoms with Crippen LogP contribution in [0.5, 0.6) is 0 Å². The SMILES string of the molecule is O=S(=O)(O)C(F)(F)C(F)C(F)(F)C(F)(F)C(F)(F)C(F)(F)C(F)(F)C(F)(F)F. The molecule has 0 aromatic heterocycles. The Labute approximate surface area is 142 Å². The zero-order chi connectivity index (χ0) is 23.6. The van der Waals surface area contributed by atoms with Crippen LogP contribution in [0.3, 0.4) is 0 Å². The molecule has 1 N–H and O–H groups in total. The minimum absolute atomic E-state index is 6.51. The highest BCUT2D eigenvalue weighted by molar-refractivity contribution is 7.86. The van der Waals surface area contributed by atoms with Crippen molar-refractivity contribution in [2.24, 2.45) is 0 Å². The Morgan fingerprint density at radius 1 is 0.571 bits per heavy atom. The van der Waals surface area contributed by atoms with Crippen molar-refractivity contribution in [3.05, 3.63) is 0 Å². The fourth-order valence-corrected chi connectivity index (χ4v) is 1.69. The number of hydrogen-bond donors (Lipinski definition) is 1. The molecule has 0 aliphatic rings. The van der Waals surface area contributed by atoms with E-state index in [1.807, 2.05) is 0 Å². The average Bonchev–Trinajstić information content (AvgIpc) is 2.42. The molecule has 0 aliphatic carbocycles. The Morgan fingerprint density at radius 2 is 0.857 bits per heavy atom. The van der Waals surface area contributed by atoms with E-state index in [4.69, 9.17) is 4.55 Å². The van der Waals surface area contributed by atoms with Gasteiger partial charge in [-0.25, -0.2) is 4.39 Å². The molecule has 0 radical (unpaired) electrons. The molecule has 0 aromatic carbocycles. The maximum absolute atomic E-state index is 13.0. The minimum atomic E-state index is -8.60. The predicted molar refractivity (Wildman–Crippen MR) is 52.2 cm³/mol. The van der Waals surface area contributed by atoms with Gasteiger partial charge >= 0.3 is 51.2 Å². The lowest BCUT2D eigenvalue weighted by atomic mass is 9.92. The molecule has 0 aromatic rings. The number of alkyl halides is 16. The molecule has 0 amide bonds. The van der Waals surface area contributed by atoms with Gasteiger partial charge in [-0.2, -0.15) is 74.3 Å². The lowest BCUT2D eigenvalue weighted by Gasteiger charge is -2.40. The van der Waals surface area contributed by atoms with E-state index in [2.05, 4.69) is 0 Å². The highest BCUT2D eigenvalue weighted by Gasteiger charge is 2.92. The molecule has 28 heavy (non-hydrogen) atoms. The first-order valence-corrected chi connectivity index (χ1v) is 7.04. The van der Waals surface area contributed by atoms with Crippen LogP contribution in [-0.2, 0) is 10.1 Å². The van der Waals surface area contributed by atoms with Gasteiger partial charge in [0, 0.05) is 0 Å². The van der Waals surface area contributed by atoms with Crippen LogP contribution in [0.25, 0.3) is 0 Å². The molecule has 0 spiro atoms. The topological polar surface area (TPSA) is 54.4 Å². The van der Waals surface area contributed by atoms with Gasteiger partial charge in [0.2, 0.25) is 0 Å². The van der Waals surface area contributed by atoms with E-state index < -0.39 is 57.3 Å². The Bertz CT molecular complexity index is 691. The van der Waals surface area contributed by atoms with Crippen molar-refractivity contribution < 1.29 is 83.2 Å². The Kier molecular flexibility index (Phi) is 6.12. The smallest absolute Gasteiger partial charge is 0.281 e. The normalized spacial score (nSPS) is 17.6. The molecule has 0 saturated carbocycles. The van der Waals surface area contributed by atoms with Crippen molar-refractivity contribution in [2.75, 3.05) is 0 Å². The molecule has 0 fully saturated rings. The maximum Gasteiger partial charge on any atom is 0.460 e. The monoisotopic (exact) mass is 482 g/mol. The first kappa shape index (κ1) is 26.8. The fraction of sp³-hybridized carbons (Fsp3) is 1.00. The van der Waals surface area contributed by atoms with E-state index in [0.717, 1.165) is 0 Å². The molecule has 3 nitrogen and oxygen atoms in total. The lowest BCUT2D eigenvalue weighted by Crippen LogP contribution is -2.72. The first-order valence-electron chi connectivity index (χ1n) is 5.60. The number of rotatable bonds is 7. The molecule has 0 bridgehead atoms. The van der Waals surface area contributed by atoms with Gasteiger partial charge in [-0.05, 0) is 0 Å². The van der Waals surface area contributed by atoms with Gasteiger partial charge in [0.1, 0.15) is 0 Å². The van der Waals surface area contributed by atoms with Crippen molar-refractivity contribution >= 4 is 10.1 Å². The Hall–Kier alpha value is -1.21. The maximum atomic E-state index is 13.0. The third-order valence-corrected chi connectivity index (χ3v) is 3.81. The van der Waals surface area contributed by atoms with E-state index in [-0.39, 0.29) is 0 Å². The van der Waals surface area contributed by atoms with Gasteiger partial charge in [0.05, 0.1) is 0 Å². The summed E-state index contributed by atoms with van der Waals surface area (Å²) in [5.74, 6) is -41.8. The van der Waals surface area contributed by atoms with E-state index in [1.165, 1.54) is 0 Å². The molecule has 20 heteroatoms. The Balaban J connectivity index is 6.64. The summed E-state index contributed by atoms with van der Waals surface area (Å²) in [5, 5.41) is -7.11. The summed E-state index contributed by atoms with van der Waals surface area (Å²) in [6, 6.07) is 0. The summed E-state index contributed by atoms with van der Waals surface area (Å²) >= 11 is 0. The van der Waals surface area contributed by atoms with E-state index in [1.54, 1.807) is 0 Å². The summed E-state index contributed by atoms with van der Waals surface area (Å²) < 4.78 is 230. The molecule has 170 valence electrons. The average molecular weight is 482 g/mol. The third kappa shape index (κ3) is 3.34. The van der Waals surface area contributed by atoms with Crippen molar-refractivity contribution in [3.8, 4) is 0 Å². The van der Waals surface area contributed by atoms with Crippen LogP contribution < -0.4 is 0 Å². The van der Waals surface area contributed by atoms with Crippen molar-refractivity contribution in [2.45, 2.75) is 47.2 Å². The van der Waals surface area contributed by atoms with Gasteiger partial charge in [0.25, 0.3) is 6.17 Å². The van der Waals surface area contributed by atoms with E-state index in [9.17, 15) is 78.7 Å². The molecule has 1 unspecified atom stereocenters. The standard InChI is InChI=1S/C8H2F16O3S/c9-1(3(12,13)28(25,26)27)2(10,11)4(14,15)5(16,17)6(18,19)7(20,21)8(22,23)24/h1H,(H,25,26,27). The Morgan fingerprint density at radius 3 is 1.11 bits per heavy atom. The predicted octanol–water partition coefficient (Wildman–Crippen LogP) is 4.54. The van der Waals surface area contributed by atoms with Gasteiger partial charge < -0.3 is 0 Å². The molecule has 0 rings (SSSR count). The van der Waals surface area contributed by atoms with Crippen LogP contribution in [0, 0.1) is 0 Å². The molecule has 0 aliphatic heterocycles. The first-order chi connectivity index (χ1) is 11.7. The molecular formula is C8H2F16O3S. The second-order valence-electron chi connectivity index (χ2n) is 4.82. The summed E-state index contributed by atoms with van der Waals surface area (Å²) in [7, 11) is -7.46. The van der Waals surface area contributed by atoms with Gasteiger partial charge in [-0.3, -0.25) is 4.55 Å². The van der Waals surface area contributed by atoms with Crippen LogP contribution in [0.1, 0.15) is 0 Å². The van der Waals surface area contributed by atoms with Gasteiger partial charge in [-0.15, -0.1) is 0 Å². The van der Waals surface area contributed by atoms with Crippen molar-refractivity contribution in [3.63, 3.8) is 0 Å². The summed E-state index contributed by atoms with van der Waals surface area (Å²) in [6.45, 7) is 0. The van der Waals surface area contributed by atoms with E-state index in [0.29, 0.717) is 0 Å². The number of hydrogen-bond acceptors (Lipinski definition) is 2. The van der Waals surface area contributed by atoms with Crippen LogP contribution in [0.15, 0.2) is 0 Å². The molecular weight excluding hydrogens is 480 g/mol. The second-order valence-corrected chi connectivity index (χ2v) is 6.31. The highest BCUT2D eigenvalue weighted by atomic mass is 32.2.